The molecule has 6 nitrogen and oxygen atoms in total. The number of rotatable bonds is 6. The normalized spacial score (nSPS) is 17.6. The lowest BCUT2D eigenvalue weighted by atomic mass is 10.0. The molecule has 1 aliphatic rings. The molecule has 7 heteroatoms. The summed E-state index contributed by atoms with van der Waals surface area (Å²) in [5, 5.41) is 5.84. The van der Waals surface area contributed by atoms with Crippen molar-refractivity contribution >= 4 is 24.2 Å². The summed E-state index contributed by atoms with van der Waals surface area (Å²) < 4.78 is 4.93. The van der Waals surface area contributed by atoms with Crippen LogP contribution in [0.4, 0.5) is 0 Å². The summed E-state index contributed by atoms with van der Waals surface area (Å²) in [5.41, 5.74) is 0.833. The first kappa shape index (κ1) is 18.4. The number of piperazine rings is 1. The standard InChI is InChI=1S/C15H21N3O3.ClH/c1-21-10-8-16-11-13(19)18-9-7-17-15(20)14(18)12-5-3-2-4-6-12;/h2-6,14,16H,7-11H2,1H3,(H,17,20);1H. The van der Waals surface area contributed by atoms with Crippen LogP contribution in [0.3, 0.4) is 0 Å². The Hall–Kier alpha value is -1.63. The van der Waals surface area contributed by atoms with E-state index in [2.05, 4.69) is 10.6 Å². The fraction of sp³-hybridized carbons (Fsp3) is 0.467. The van der Waals surface area contributed by atoms with Crippen LogP contribution in [0, 0.1) is 0 Å². The largest absolute Gasteiger partial charge is 0.383 e. The van der Waals surface area contributed by atoms with Crippen molar-refractivity contribution in [3.05, 3.63) is 35.9 Å². The third-order valence-electron chi connectivity index (χ3n) is 3.41. The molecule has 1 atom stereocenters. The number of ether oxygens (including phenoxy) is 1. The van der Waals surface area contributed by atoms with Crippen LogP contribution < -0.4 is 10.6 Å². The zero-order chi connectivity index (χ0) is 15.1. The van der Waals surface area contributed by atoms with Crippen molar-refractivity contribution in [2.24, 2.45) is 0 Å². The summed E-state index contributed by atoms with van der Waals surface area (Å²) in [7, 11) is 1.61. The molecule has 0 aromatic heterocycles. The molecular weight excluding hydrogens is 306 g/mol. The van der Waals surface area contributed by atoms with Crippen molar-refractivity contribution in [1.82, 2.24) is 15.5 Å². The van der Waals surface area contributed by atoms with Crippen molar-refractivity contribution in [2.45, 2.75) is 6.04 Å². The van der Waals surface area contributed by atoms with Gasteiger partial charge in [-0.25, -0.2) is 0 Å². The van der Waals surface area contributed by atoms with Gasteiger partial charge in [0.15, 0.2) is 0 Å². The number of halogens is 1. The molecule has 1 aromatic carbocycles. The smallest absolute Gasteiger partial charge is 0.247 e. The van der Waals surface area contributed by atoms with E-state index in [1.54, 1.807) is 12.0 Å². The number of hydrogen-bond acceptors (Lipinski definition) is 4. The second-order valence-electron chi connectivity index (χ2n) is 4.86. The van der Waals surface area contributed by atoms with Gasteiger partial charge in [0.05, 0.1) is 13.2 Å². The van der Waals surface area contributed by atoms with Gasteiger partial charge >= 0.3 is 0 Å². The van der Waals surface area contributed by atoms with Gasteiger partial charge in [0.1, 0.15) is 6.04 Å². The molecule has 0 radical (unpaired) electrons. The van der Waals surface area contributed by atoms with Gasteiger partial charge in [0.25, 0.3) is 0 Å². The molecule has 2 amide bonds. The van der Waals surface area contributed by atoms with E-state index >= 15 is 0 Å². The summed E-state index contributed by atoms with van der Waals surface area (Å²) in [6, 6.07) is 8.83. The van der Waals surface area contributed by atoms with E-state index in [0.29, 0.717) is 26.2 Å². The number of carbonyl (C=O) groups is 2. The number of amides is 2. The minimum Gasteiger partial charge on any atom is -0.383 e. The Morgan fingerprint density at radius 3 is 2.82 bits per heavy atom. The first-order chi connectivity index (χ1) is 10.2. The zero-order valence-corrected chi connectivity index (χ0v) is 13.4. The van der Waals surface area contributed by atoms with Gasteiger partial charge in [0, 0.05) is 26.7 Å². The van der Waals surface area contributed by atoms with E-state index in [0.717, 1.165) is 5.56 Å². The quantitative estimate of drug-likeness (QED) is 0.739. The van der Waals surface area contributed by atoms with Crippen molar-refractivity contribution in [1.29, 1.82) is 0 Å². The molecule has 1 saturated heterocycles. The molecule has 1 aromatic rings. The summed E-state index contributed by atoms with van der Waals surface area (Å²) in [5.74, 6) is -0.201. The lowest BCUT2D eigenvalue weighted by Crippen LogP contribution is -2.54. The Labute approximate surface area is 136 Å². The first-order valence-electron chi connectivity index (χ1n) is 7.06. The molecule has 2 rings (SSSR count). The number of carbonyl (C=O) groups excluding carboxylic acids is 2. The van der Waals surface area contributed by atoms with Crippen LogP contribution in [0.1, 0.15) is 11.6 Å². The Morgan fingerprint density at radius 1 is 1.41 bits per heavy atom. The predicted octanol–water partition coefficient (Wildman–Crippen LogP) is 0.344. The van der Waals surface area contributed by atoms with Gasteiger partial charge in [0.2, 0.25) is 11.8 Å². The molecule has 1 unspecified atom stereocenters. The Kier molecular flexibility index (Phi) is 7.87. The van der Waals surface area contributed by atoms with Crippen LogP contribution in [-0.2, 0) is 14.3 Å². The van der Waals surface area contributed by atoms with Gasteiger partial charge < -0.3 is 20.3 Å². The van der Waals surface area contributed by atoms with E-state index in [1.807, 2.05) is 30.3 Å². The Morgan fingerprint density at radius 2 is 2.14 bits per heavy atom. The number of hydrogen-bond donors (Lipinski definition) is 2. The highest BCUT2D eigenvalue weighted by atomic mass is 35.5. The highest BCUT2D eigenvalue weighted by Gasteiger charge is 2.33. The third-order valence-corrected chi connectivity index (χ3v) is 3.41. The Bertz CT molecular complexity index is 484. The number of nitrogens with one attached hydrogen (secondary N) is 2. The molecule has 1 heterocycles. The average molecular weight is 328 g/mol. The van der Waals surface area contributed by atoms with Gasteiger partial charge in [-0.3, -0.25) is 9.59 Å². The van der Waals surface area contributed by atoms with Crippen LogP contribution >= 0.6 is 12.4 Å². The molecule has 0 bridgehead atoms. The van der Waals surface area contributed by atoms with Crippen LogP contribution in [0.5, 0.6) is 0 Å². The molecule has 0 saturated carbocycles. The average Bonchev–Trinajstić information content (AvgIpc) is 2.52. The minimum absolute atomic E-state index is 0. The molecule has 1 aliphatic heterocycles. The second-order valence-corrected chi connectivity index (χ2v) is 4.86. The van der Waals surface area contributed by atoms with Crippen LogP contribution in [0.2, 0.25) is 0 Å². The van der Waals surface area contributed by atoms with Crippen LogP contribution in [0.15, 0.2) is 30.3 Å². The number of benzene rings is 1. The maximum Gasteiger partial charge on any atom is 0.247 e. The van der Waals surface area contributed by atoms with Crippen LogP contribution in [-0.4, -0.2) is 56.6 Å². The summed E-state index contributed by atoms with van der Waals surface area (Å²) >= 11 is 0. The van der Waals surface area contributed by atoms with E-state index in [9.17, 15) is 9.59 Å². The molecule has 22 heavy (non-hydrogen) atoms. The fourth-order valence-electron chi connectivity index (χ4n) is 2.37. The zero-order valence-electron chi connectivity index (χ0n) is 12.6. The monoisotopic (exact) mass is 327 g/mol. The molecular formula is C15H22ClN3O3. The lowest BCUT2D eigenvalue weighted by Gasteiger charge is -2.35. The minimum atomic E-state index is -0.545. The third kappa shape index (κ3) is 4.69. The topological polar surface area (TPSA) is 70.7 Å². The van der Waals surface area contributed by atoms with Gasteiger partial charge in [-0.1, -0.05) is 30.3 Å². The summed E-state index contributed by atoms with van der Waals surface area (Å²) in [6.45, 7) is 2.39. The van der Waals surface area contributed by atoms with Crippen molar-refractivity contribution in [3.8, 4) is 0 Å². The summed E-state index contributed by atoms with van der Waals surface area (Å²) in [6.07, 6.45) is 0. The maximum absolute atomic E-state index is 12.3. The first-order valence-corrected chi connectivity index (χ1v) is 7.06. The second kappa shape index (κ2) is 9.40. The maximum atomic E-state index is 12.3. The Balaban J connectivity index is 0.00000242. The number of nitrogens with zero attached hydrogens (tertiary/aromatic N) is 1. The molecule has 0 aliphatic carbocycles. The van der Waals surface area contributed by atoms with E-state index in [4.69, 9.17) is 4.74 Å². The molecule has 122 valence electrons. The molecule has 0 spiro atoms. The van der Waals surface area contributed by atoms with Gasteiger partial charge in [-0.2, -0.15) is 0 Å². The molecule has 2 N–H and O–H groups in total. The summed E-state index contributed by atoms with van der Waals surface area (Å²) in [4.78, 5) is 26.1. The molecule has 1 fully saturated rings. The van der Waals surface area contributed by atoms with Gasteiger partial charge in [-0.05, 0) is 5.56 Å². The van der Waals surface area contributed by atoms with Crippen LogP contribution in [0.25, 0.3) is 0 Å². The fourth-order valence-corrected chi connectivity index (χ4v) is 2.37. The predicted molar refractivity (Wildman–Crippen MR) is 85.9 cm³/mol. The lowest BCUT2D eigenvalue weighted by molar-refractivity contribution is -0.142. The SMILES string of the molecule is COCCNCC(=O)N1CCNC(=O)C1c1ccccc1.Cl. The highest BCUT2D eigenvalue weighted by molar-refractivity contribution is 5.90. The van der Waals surface area contributed by atoms with Crippen molar-refractivity contribution in [2.75, 3.05) is 39.9 Å². The number of methoxy groups -OCH3 is 1. The van der Waals surface area contributed by atoms with E-state index in [-0.39, 0.29) is 30.8 Å². The van der Waals surface area contributed by atoms with E-state index in [1.165, 1.54) is 0 Å². The van der Waals surface area contributed by atoms with E-state index < -0.39 is 6.04 Å². The van der Waals surface area contributed by atoms with Crippen molar-refractivity contribution in [3.63, 3.8) is 0 Å². The van der Waals surface area contributed by atoms with Gasteiger partial charge in [-0.15, -0.1) is 12.4 Å². The van der Waals surface area contributed by atoms with Crippen molar-refractivity contribution < 1.29 is 14.3 Å². The highest BCUT2D eigenvalue weighted by Crippen LogP contribution is 2.22.